The minimum Gasteiger partial charge on any atom is -0.382 e. The zero-order valence-corrected chi connectivity index (χ0v) is 7.81. The SMILES string of the molecule is Nc1cnc(NN2CCOCC2)cn1. The summed E-state index contributed by atoms with van der Waals surface area (Å²) in [6, 6.07) is 0. The number of hydrogen-bond acceptors (Lipinski definition) is 6. The molecule has 0 atom stereocenters. The Balaban J connectivity index is 1.92. The minimum absolute atomic E-state index is 0.428. The van der Waals surface area contributed by atoms with Gasteiger partial charge < -0.3 is 15.9 Å². The lowest BCUT2D eigenvalue weighted by Crippen LogP contribution is -2.40. The predicted molar refractivity (Wildman–Crippen MR) is 52.5 cm³/mol. The Morgan fingerprint density at radius 1 is 1.29 bits per heavy atom. The van der Waals surface area contributed by atoms with Crippen molar-refractivity contribution in [1.29, 1.82) is 0 Å². The van der Waals surface area contributed by atoms with Crippen LogP contribution in [0.2, 0.25) is 0 Å². The summed E-state index contributed by atoms with van der Waals surface area (Å²) in [7, 11) is 0. The van der Waals surface area contributed by atoms with Gasteiger partial charge in [-0.2, -0.15) is 0 Å². The topological polar surface area (TPSA) is 76.3 Å². The van der Waals surface area contributed by atoms with Gasteiger partial charge in [-0.05, 0) is 0 Å². The van der Waals surface area contributed by atoms with Crippen LogP contribution >= 0.6 is 0 Å². The molecule has 0 spiro atoms. The summed E-state index contributed by atoms with van der Waals surface area (Å²) in [5, 5.41) is 2.05. The zero-order chi connectivity index (χ0) is 9.80. The van der Waals surface area contributed by atoms with Gasteiger partial charge in [-0.15, -0.1) is 0 Å². The number of hydrogen-bond donors (Lipinski definition) is 2. The molecule has 6 nitrogen and oxygen atoms in total. The molecule has 1 aliphatic rings. The van der Waals surface area contributed by atoms with Crippen molar-refractivity contribution >= 4 is 11.6 Å². The van der Waals surface area contributed by atoms with Gasteiger partial charge >= 0.3 is 0 Å². The molecule has 2 heterocycles. The number of aromatic nitrogens is 2. The van der Waals surface area contributed by atoms with E-state index in [4.69, 9.17) is 10.5 Å². The van der Waals surface area contributed by atoms with Crippen molar-refractivity contribution in [3.05, 3.63) is 12.4 Å². The van der Waals surface area contributed by atoms with Crippen LogP contribution in [0.15, 0.2) is 12.4 Å². The number of nitrogen functional groups attached to an aromatic ring is 1. The van der Waals surface area contributed by atoms with Crippen molar-refractivity contribution < 1.29 is 4.74 Å². The van der Waals surface area contributed by atoms with Crippen LogP contribution in [0.5, 0.6) is 0 Å². The molecule has 0 aliphatic carbocycles. The first-order chi connectivity index (χ1) is 6.84. The van der Waals surface area contributed by atoms with E-state index in [1.54, 1.807) is 6.20 Å². The van der Waals surface area contributed by atoms with Crippen molar-refractivity contribution in [2.45, 2.75) is 0 Å². The van der Waals surface area contributed by atoms with E-state index in [1.807, 2.05) is 5.01 Å². The largest absolute Gasteiger partial charge is 0.382 e. The highest BCUT2D eigenvalue weighted by atomic mass is 16.5. The van der Waals surface area contributed by atoms with Crippen LogP contribution in [-0.4, -0.2) is 41.3 Å². The second-order valence-electron chi connectivity index (χ2n) is 3.04. The van der Waals surface area contributed by atoms with Crippen LogP contribution in [0.3, 0.4) is 0 Å². The molecule has 0 saturated carbocycles. The number of hydrazine groups is 1. The first-order valence-corrected chi connectivity index (χ1v) is 4.51. The van der Waals surface area contributed by atoms with Gasteiger partial charge in [0.05, 0.1) is 25.6 Å². The molecule has 14 heavy (non-hydrogen) atoms. The molecule has 0 amide bonds. The molecule has 1 aromatic heterocycles. The molecule has 1 aromatic rings. The van der Waals surface area contributed by atoms with Crippen LogP contribution in [0.25, 0.3) is 0 Å². The number of nitrogens with zero attached hydrogens (tertiary/aromatic N) is 3. The highest BCUT2D eigenvalue weighted by Gasteiger charge is 2.09. The molecule has 76 valence electrons. The smallest absolute Gasteiger partial charge is 0.159 e. The molecule has 0 radical (unpaired) electrons. The second-order valence-corrected chi connectivity index (χ2v) is 3.04. The Labute approximate surface area is 82.1 Å². The number of morpholine rings is 1. The van der Waals surface area contributed by atoms with Crippen molar-refractivity contribution in [2.75, 3.05) is 37.5 Å². The molecular weight excluding hydrogens is 182 g/mol. The maximum Gasteiger partial charge on any atom is 0.159 e. The Morgan fingerprint density at radius 2 is 2.07 bits per heavy atom. The number of nitrogens with one attached hydrogen (secondary N) is 1. The lowest BCUT2D eigenvalue weighted by Gasteiger charge is -2.27. The number of ether oxygens (including phenoxy) is 1. The van der Waals surface area contributed by atoms with Gasteiger partial charge in [0.15, 0.2) is 5.82 Å². The predicted octanol–water partition coefficient (Wildman–Crippen LogP) is -0.282. The Hall–Kier alpha value is -1.40. The number of anilines is 2. The summed E-state index contributed by atoms with van der Waals surface area (Å²) in [5.74, 6) is 1.14. The summed E-state index contributed by atoms with van der Waals surface area (Å²) in [6.07, 6.45) is 3.15. The van der Waals surface area contributed by atoms with E-state index in [0.717, 1.165) is 26.3 Å². The highest BCUT2D eigenvalue weighted by Crippen LogP contribution is 2.04. The van der Waals surface area contributed by atoms with Gasteiger partial charge in [0.25, 0.3) is 0 Å². The van der Waals surface area contributed by atoms with E-state index in [9.17, 15) is 0 Å². The molecule has 6 heteroatoms. The fourth-order valence-corrected chi connectivity index (χ4v) is 1.23. The standard InChI is InChI=1S/C8H13N5O/c9-7-5-11-8(6-10-7)12-13-1-3-14-4-2-13/h5-6H,1-4H2,(H2,9,10)(H,11,12). The summed E-state index contributed by atoms with van der Waals surface area (Å²) < 4.78 is 5.22. The van der Waals surface area contributed by atoms with Gasteiger partial charge in [0.2, 0.25) is 0 Å². The van der Waals surface area contributed by atoms with E-state index >= 15 is 0 Å². The molecule has 0 bridgehead atoms. The quantitative estimate of drug-likeness (QED) is 0.675. The summed E-state index contributed by atoms with van der Waals surface area (Å²) in [4.78, 5) is 8.03. The van der Waals surface area contributed by atoms with Crippen LogP contribution in [0, 0.1) is 0 Å². The third-order valence-electron chi connectivity index (χ3n) is 1.96. The van der Waals surface area contributed by atoms with E-state index in [-0.39, 0.29) is 0 Å². The lowest BCUT2D eigenvalue weighted by atomic mass is 10.5. The van der Waals surface area contributed by atoms with E-state index in [2.05, 4.69) is 15.4 Å². The third kappa shape index (κ3) is 2.30. The molecule has 2 rings (SSSR count). The highest BCUT2D eigenvalue weighted by molar-refractivity contribution is 5.34. The Kier molecular flexibility index (Phi) is 2.76. The van der Waals surface area contributed by atoms with Gasteiger partial charge in [0, 0.05) is 13.1 Å². The average Bonchev–Trinajstić information content (AvgIpc) is 2.23. The first kappa shape index (κ1) is 9.17. The molecule has 3 N–H and O–H groups in total. The van der Waals surface area contributed by atoms with Crippen molar-refractivity contribution in [2.24, 2.45) is 0 Å². The summed E-state index contributed by atoms with van der Waals surface area (Å²) in [6.45, 7) is 3.20. The minimum atomic E-state index is 0.428. The average molecular weight is 195 g/mol. The van der Waals surface area contributed by atoms with Crippen molar-refractivity contribution in [3.8, 4) is 0 Å². The van der Waals surface area contributed by atoms with Gasteiger partial charge in [-0.3, -0.25) is 0 Å². The molecular formula is C8H13N5O. The van der Waals surface area contributed by atoms with Crippen molar-refractivity contribution in [3.63, 3.8) is 0 Å². The van der Waals surface area contributed by atoms with E-state index in [1.165, 1.54) is 6.20 Å². The first-order valence-electron chi connectivity index (χ1n) is 4.51. The molecule has 0 aromatic carbocycles. The van der Waals surface area contributed by atoms with Crippen molar-refractivity contribution in [1.82, 2.24) is 15.0 Å². The van der Waals surface area contributed by atoms with Crippen LogP contribution in [0.1, 0.15) is 0 Å². The number of nitrogens with two attached hydrogens (primary N) is 1. The monoisotopic (exact) mass is 195 g/mol. The number of rotatable bonds is 2. The zero-order valence-electron chi connectivity index (χ0n) is 7.81. The fourth-order valence-electron chi connectivity index (χ4n) is 1.23. The van der Waals surface area contributed by atoms with Crippen LogP contribution in [-0.2, 0) is 4.74 Å². The van der Waals surface area contributed by atoms with Crippen LogP contribution < -0.4 is 11.2 Å². The van der Waals surface area contributed by atoms with E-state index < -0.39 is 0 Å². The van der Waals surface area contributed by atoms with Gasteiger partial charge in [-0.1, -0.05) is 0 Å². The maximum absolute atomic E-state index is 5.42. The van der Waals surface area contributed by atoms with Gasteiger partial charge in [-0.25, -0.2) is 15.0 Å². The van der Waals surface area contributed by atoms with Crippen LogP contribution in [0.4, 0.5) is 11.6 Å². The molecule has 1 fully saturated rings. The fraction of sp³-hybridized carbons (Fsp3) is 0.500. The maximum atomic E-state index is 5.42. The molecule has 1 saturated heterocycles. The summed E-state index contributed by atoms with van der Waals surface area (Å²) in [5.41, 5.74) is 8.56. The normalized spacial score (nSPS) is 18.0. The molecule has 0 unspecified atom stereocenters. The van der Waals surface area contributed by atoms with E-state index in [0.29, 0.717) is 11.6 Å². The van der Waals surface area contributed by atoms with Gasteiger partial charge in [0.1, 0.15) is 5.82 Å². The lowest BCUT2D eigenvalue weighted by molar-refractivity contribution is 0.0495. The molecule has 1 aliphatic heterocycles. The third-order valence-corrected chi connectivity index (χ3v) is 1.96. The Morgan fingerprint density at radius 3 is 2.71 bits per heavy atom. The second kappa shape index (κ2) is 4.21. The summed E-state index contributed by atoms with van der Waals surface area (Å²) >= 11 is 0. The Bertz CT molecular complexity index is 282.